The SMILES string of the molecule is Cc1c(C(=O)Nc2cnc(N3CCC(C#N)CC3)c(C#N)c2)cnn1-c1ccc(C(F)(F)F)cc1. The summed E-state index contributed by atoms with van der Waals surface area (Å²) in [7, 11) is 0. The molecule has 1 aliphatic heterocycles. The highest BCUT2D eigenvalue weighted by atomic mass is 19.4. The summed E-state index contributed by atoms with van der Waals surface area (Å²) in [6, 6.07) is 10.4. The van der Waals surface area contributed by atoms with Crippen LogP contribution in [0.3, 0.4) is 0 Å². The average Bonchev–Trinajstić information content (AvgIpc) is 3.25. The third-order valence-corrected chi connectivity index (χ3v) is 5.92. The predicted molar refractivity (Wildman–Crippen MR) is 121 cm³/mol. The minimum atomic E-state index is -4.44. The lowest BCUT2D eigenvalue weighted by Crippen LogP contribution is -2.34. The second-order valence-electron chi connectivity index (χ2n) is 8.15. The van der Waals surface area contributed by atoms with Gasteiger partial charge in [0.25, 0.3) is 5.91 Å². The van der Waals surface area contributed by atoms with Gasteiger partial charge in [-0.15, -0.1) is 0 Å². The minimum Gasteiger partial charge on any atom is -0.355 e. The fourth-order valence-corrected chi connectivity index (χ4v) is 3.96. The molecule has 3 aromatic rings. The Balaban J connectivity index is 1.50. The first kappa shape index (κ1) is 23.8. The largest absolute Gasteiger partial charge is 0.416 e. The van der Waals surface area contributed by atoms with Crippen molar-refractivity contribution in [3.8, 4) is 17.8 Å². The number of rotatable bonds is 4. The molecule has 0 radical (unpaired) electrons. The number of nitrogens with one attached hydrogen (secondary N) is 1. The van der Waals surface area contributed by atoms with E-state index in [1.165, 1.54) is 35.3 Å². The number of hydrogen-bond acceptors (Lipinski definition) is 6. The van der Waals surface area contributed by atoms with Crippen LogP contribution in [0.15, 0.2) is 42.7 Å². The van der Waals surface area contributed by atoms with Crippen LogP contribution in [0.1, 0.15) is 40.0 Å². The molecule has 8 nitrogen and oxygen atoms in total. The van der Waals surface area contributed by atoms with E-state index in [1.807, 2.05) is 4.90 Å². The molecule has 11 heteroatoms. The second-order valence-corrected chi connectivity index (χ2v) is 8.15. The molecule has 178 valence electrons. The number of halogens is 3. The van der Waals surface area contributed by atoms with Gasteiger partial charge >= 0.3 is 6.18 Å². The lowest BCUT2D eigenvalue weighted by Gasteiger charge is -2.30. The fourth-order valence-electron chi connectivity index (χ4n) is 3.96. The van der Waals surface area contributed by atoms with Crippen LogP contribution in [-0.2, 0) is 6.18 Å². The Morgan fingerprint density at radius 1 is 1.14 bits per heavy atom. The number of alkyl halides is 3. The van der Waals surface area contributed by atoms with Gasteiger partial charge in [-0.1, -0.05) is 0 Å². The molecule has 1 N–H and O–H groups in total. The molecule has 0 saturated carbocycles. The molecule has 35 heavy (non-hydrogen) atoms. The Hall–Kier alpha value is -4.38. The van der Waals surface area contributed by atoms with E-state index in [2.05, 4.69) is 27.5 Å². The summed E-state index contributed by atoms with van der Waals surface area (Å²) in [5, 5.41) is 25.5. The van der Waals surface area contributed by atoms with Crippen LogP contribution >= 0.6 is 0 Å². The molecule has 2 aromatic heterocycles. The van der Waals surface area contributed by atoms with E-state index in [0.29, 0.717) is 54.4 Å². The predicted octanol–water partition coefficient (Wildman–Crippen LogP) is 4.46. The maximum Gasteiger partial charge on any atom is 0.416 e. The lowest BCUT2D eigenvalue weighted by atomic mass is 9.98. The summed E-state index contributed by atoms with van der Waals surface area (Å²) in [6.45, 7) is 2.87. The van der Waals surface area contributed by atoms with Crippen molar-refractivity contribution < 1.29 is 18.0 Å². The van der Waals surface area contributed by atoms with Crippen molar-refractivity contribution in [3.63, 3.8) is 0 Å². The van der Waals surface area contributed by atoms with Crippen LogP contribution in [0.4, 0.5) is 24.7 Å². The molecular weight excluding hydrogens is 459 g/mol. The number of anilines is 2. The number of carbonyl (C=O) groups is 1. The van der Waals surface area contributed by atoms with Crippen LogP contribution in [0.25, 0.3) is 5.69 Å². The third kappa shape index (κ3) is 4.94. The van der Waals surface area contributed by atoms with Crippen LogP contribution in [0, 0.1) is 35.5 Å². The molecule has 0 atom stereocenters. The number of pyridine rings is 1. The van der Waals surface area contributed by atoms with Gasteiger partial charge in [-0.2, -0.15) is 28.8 Å². The van der Waals surface area contributed by atoms with Gasteiger partial charge in [0.15, 0.2) is 0 Å². The molecule has 0 spiro atoms. The molecular formula is C24H20F3N7O. The van der Waals surface area contributed by atoms with Gasteiger partial charge in [0.05, 0.1) is 52.2 Å². The van der Waals surface area contributed by atoms with E-state index in [4.69, 9.17) is 5.26 Å². The number of nitriles is 2. The minimum absolute atomic E-state index is 0.00192. The first-order chi connectivity index (χ1) is 16.7. The van der Waals surface area contributed by atoms with Crippen molar-refractivity contribution in [2.75, 3.05) is 23.3 Å². The fraction of sp³-hybridized carbons (Fsp3) is 0.292. The third-order valence-electron chi connectivity index (χ3n) is 5.92. The molecule has 1 fully saturated rings. The number of carbonyl (C=O) groups excluding carboxylic acids is 1. The topological polar surface area (TPSA) is 111 Å². The van der Waals surface area contributed by atoms with Crippen molar-refractivity contribution in [3.05, 3.63) is 65.1 Å². The van der Waals surface area contributed by atoms with E-state index in [1.54, 1.807) is 6.92 Å². The zero-order chi connectivity index (χ0) is 25.2. The molecule has 1 aromatic carbocycles. The van der Waals surface area contributed by atoms with Gasteiger partial charge in [0.2, 0.25) is 0 Å². The molecule has 0 aliphatic carbocycles. The number of nitrogens with zero attached hydrogens (tertiary/aromatic N) is 6. The van der Waals surface area contributed by atoms with Crippen molar-refractivity contribution in [2.24, 2.45) is 5.92 Å². The summed E-state index contributed by atoms with van der Waals surface area (Å²) >= 11 is 0. The maximum atomic E-state index is 12.9. The van der Waals surface area contributed by atoms with E-state index < -0.39 is 17.6 Å². The van der Waals surface area contributed by atoms with Gasteiger partial charge in [-0.3, -0.25) is 4.79 Å². The number of amides is 1. The van der Waals surface area contributed by atoms with Crippen molar-refractivity contribution in [2.45, 2.75) is 25.9 Å². The van der Waals surface area contributed by atoms with E-state index in [-0.39, 0.29) is 11.5 Å². The number of aromatic nitrogens is 3. The molecule has 0 unspecified atom stereocenters. The van der Waals surface area contributed by atoms with Crippen molar-refractivity contribution >= 4 is 17.4 Å². The summed E-state index contributed by atoms with van der Waals surface area (Å²) in [5.74, 6) is 0.0178. The zero-order valence-corrected chi connectivity index (χ0v) is 18.7. The lowest BCUT2D eigenvalue weighted by molar-refractivity contribution is -0.137. The highest BCUT2D eigenvalue weighted by Crippen LogP contribution is 2.30. The van der Waals surface area contributed by atoms with Crippen LogP contribution in [0.2, 0.25) is 0 Å². The van der Waals surface area contributed by atoms with E-state index in [0.717, 1.165) is 12.1 Å². The summed E-state index contributed by atoms with van der Waals surface area (Å²) < 4.78 is 39.8. The smallest absolute Gasteiger partial charge is 0.355 e. The average molecular weight is 479 g/mol. The van der Waals surface area contributed by atoms with Crippen LogP contribution < -0.4 is 10.2 Å². The molecule has 3 heterocycles. The standard InChI is InChI=1S/C24H20F3N7O/c1-15-21(14-31-34(15)20-4-2-18(3-5-20)24(25,26)27)23(35)32-19-10-17(12-29)22(30-13-19)33-8-6-16(11-28)7-9-33/h2-5,10,13-14,16H,6-9H2,1H3,(H,32,35). The molecule has 1 amide bonds. The monoisotopic (exact) mass is 479 g/mol. The molecule has 1 saturated heterocycles. The number of piperidine rings is 1. The Labute approximate surface area is 199 Å². The number of hydrogen-bond donors (Lipinski definition) is 1. The van der Waals surface area contributed by atoms with Gasteiger partial charge < -0.3 is 10.2 Å². The summed E-state index contributed by atoms with van der Waals surface area (Å²) in [5.41, 5.74) is 0.897. The van der Waals surface area contributed by atoms with Crippen molar-refractivity contribution in [1.29, 1.82) is 10.5 Å². The maximum absolute atomic E-state index is 12.9. The Morgan fingerprint density at radius 2 is 1.83 bits per heavy atom. The summed E-state index contributed by atoms with van der Waals surface area (Å²) in [6.07, 6.45) is -0.260. The first-order valence-electron chi connectivity index (χ1n) is 10.8. The molecule has 4 rings (SSSR count). The van der Waals surface area contributed by atoms with Crippen molar-refractivity contribution in [1.82, 2.24) is 14.8 Å². The van der Waals surface area contributed by atoms with Crippen LogP contribution in [0.5, 0.6) is 0 Å². The summed E-state index contributed by atoms with van der Waals surface area (Å²) in [4.78, 5) is 19.2. The highest BCUT2D eigenvalue weighted by Gasteiger charge is 2.30. The van der Waals surface area contributed by atoms with Gasteiger partial charge in [0, 0.05) is 19.0 Å². The quantitative estimate of drug-likeness (QED) is 0.592. The van der Waals surface area contributed by atoms with E-state index >= 15 is 0 Å². The first-order valence-corrected chi connectivity index (χ1v) is 10.8. The molecule has 0 bridgehead atoms. The van der Waals surface area contributed by atoms with Crippen LogP contribution in [-0.4, -0.2) is 33.8 Å². The normalized spacial score (nSPS) is 14.3. The van der Waals surface area contributed by atoms with E-state index in [9.17, 15) is 23.2 Å². The van der Waals surface area contributed by atoms with Gasteiger partial charge in [-0.25, -0.2) is 9.67 Å². The Morgan fingerprint density at radius 3 is 2.43 bits per heavy atom. The van der Waals surface area contributed by atoms with Gasteiger partial charge in [0.1, 0.15) is 11.9 Å². The molecule has 1 aliphatic rings. The zero-order valence-electron chi connectivity index (χ0n) is 18.7. The Bertz CT molecular complexity index is 1330. The van der Waals surface area contributed by atoms with Gasteiger partial charge in [-0.05, 0) is 50.1 Å². The highest BCUT2D eigenvalue weighted by molar-refractivity contribution is 6.05. The second kappa shape index (κ2) is 9.47. The Kier molecular flexibility index (Phi) is 6.43. The number of benzene rings is 1.